The molecule has 1 saturated heterocycles. The highest BCUT2D eigenvalue weighted by Crippen LogP contribution is 2.27. The molecule has 1 aromatic heterocycles. The Bertz CT molecular complexity index is 857. The normalized spacial score (nSPS) is 17.6. The fraction of sp³-hybridized carbons (Fsp3) is 0.263. The maximum absolute atomic E-state index is 12.6. The molecule has 2 heterocycles. The van der Waals surface area contributed by atoms with Gasteiger partial charge in [0.2, 0.25) is 0 Å². The average Bonchev–Trinajstić information content (AvgIpc) is 3.08. The zero-order chi connectivity index (χ0) is 17.2. The fourth-order valence-corrected chi connectivity index (χ4v) is 3.41. The summed E-state index contributed by atoms with van der Waals surface area (Å²) in [7, 11) is 0. The summed E-state index contributed by atoms with van der Waals surface area (Å²) in [6.45, 7) is 1.43. The fourth-order valence-electron chi connectivity index (χ4n) is 3.29. The number of amides is 2. The number of para-hydroxylation sites is 2. The van der Waals surface area contributed by atoms with Gasteiger partial charge in [0.1, 0.15) is 5.82 Å². The number of urea groups is 1. The molecular formula is C19H19ClN4O. The van der Waals surface area contributed by atoms with Gasteiger partial charge < -0.3 is 15.2 Å². The van der Waals surface area contributed by atoms with Crippen LogP contribution >= 0.6 is 11.6 Å². The highest BCUT2D eigenvalue weighted by molar-refractivity contribution is 6.30. The van der Waals surface area contributed by atoms with Crippen LogP contribution in [0.5, 0.6) is 0 Å². The van der Waals surface area contributed by atoms with Crippen molar-refractivity contribution in [3.8, 4) is 0 Å². The number of hydrogen-bond donors (Lipinski definition) is 2. The number of imidazole rings is 1. The van der Waals surface area contributed by atoms with Crippen LogP contribution in [0.1, 0.15) is 24.6 Å². The highest BCUT2D eigenvalue weighted by atomic mass is 35.5. The second kappa shape index (κ2) is 6.76. The van der Waals surface area contributed by atoms with Crippen molar-refractivity contribution in [2.45, 2.75) is 18.8 Å². The number of hydrogen-bond acceptors (Lipinski definition) is 2. The Balaban J connectivity index is 1.46. The van der Waals surface area contributed by atoms with Gasteiger partial charge in [-0.2, -0.15) is 0 Å². The van der Waals surface area contributed by atoms with Crippen LogP contribution in [0.2, 0.25) is 5.02 Å². The lowest BCUT2D eigenvalue weighted by atomic mass is 9.97. The van der Waals surface area contributed by atoms with Crippen molar-refractivity contribution in [3.63, 3.8) is 0 Å². The molecule has 1 atom stereocenters. The van der Waals surface area contributed by atoms with Gasteiger partial charge in [0.05, 0.1) is 11.0 Å². The van der Waals surface area contributed by atoms with E-state index in [0.29, 0.717) is 11.6 Å². The molecule has 3 aromatic rings. The summed E-state index contributed by atoms with van der Waals surface area (Å²) in [6.07, 6.45) is 2.00. The SMILES string of the molecule is O=C(Nc1ccc(Cl)cc1)N1CCC[C@@H](c2nc3ccccc3[nH]2)C1. The minimum Gasteiger partial charge on any atom is -0.342 e. The number of carbonyl (C=O) groups excluding carboxylic acids is 1. The minimum absolute atomic E-state index is 0.0804. The first-order valence-corrected chi connectivity index (χ1v) is 8.83. The first-order chi connectivity index (χ1) is 12.2. The van der Waals surface area contributed by atoms with E-state index in [1.807, 2.05) is 29.2 Å². The van der Waals surface area contributed by atoms with Crippen LogP contribution in [0.4, 0.5) is 10.5 Å². The number of rotatable bonds is 2. The van der Waals surface area contributed by atoms with E-state index < -0.39 is 0 Å². The molecule has 0 saturated carbocycles. The average molecular weight is 355 g/mol. The number of likely N-dealkylation sites (tertiary alicyclic amines) is 1. The largest absolute Gasteiger partial charge is 0.342 e. The van der Waals surface area contributed by atoms with Crippen LogP contribution < -0.4 is 5.32 Å². The van der Waals surface area contributed by atoms with E-state index in [1.54, 1.807) is 24.3 Å². The molecule has 2 N–H and O–H groups in total. The summed E-state index contributed by atoms with van der Waals surface area (Å²) in [5.74, 6) is 1.20. The molecule has 4 rings (SSSR count). The van der Waals surface area contributed by atoms with Crippen LogP contribution in [0.25, 0.3) is 11.0 Å². The van der Waals surface area contributed by atoms with E-state index >= 15 is 0 Å². The Morgan fingerprint density at radius 1 is 1.20 bits per heavy atom. The number of aromatic nitrogens is 2. The van der Waals surface area contributed by atoms with Gasteiger partial charge in [0.25, 0.3) is 0 Å². The third-order valence-electron chi connectivity index (χ3n) is 4.60. The number of aromatic amines is 1. The third kappa shape index (κ3) is 3.46. The second-order valence-corrected chi connectivity index (χ2v) is 6.80. The van der Waals surface area contributed by atoms with Gasteiger partial charge in [0.15, 0.2) is 0 Å². The number of halogens is 1. The van der Waals surface area contributed by atoms with Crippen molar-refractivity contribution in [3.05, 3.63) is 59.4 Å². The molecule has 25 heavy (non-hydrogen) atoms. The second-order valence-electron chi connectivity index (χ2n) is 6.36. The maximum atomic E-state index is 12.6. The quantitative estimate of drug-likeness (QED) is 0.705. The van der Waals surface area contributed by atoms with Crippen molar-refractivity contribution in [1.29, 1.82) is 0 Å². The monoisotopic (exact) mass is 354 g/mol. The maximum Gasteiger partial charge on any atom is 0.321 e. The van der Waals surface area contributed by atoms with Crippen molar-refractivity contribution in [2.75, 3.05) is 18.4 Å². The summed E-state index contributed by atoms with van der Waals surface area (Å²) >= 11 is 5.88. The lowest BCUT2D eigenvalue weighted by Gasteiger charge is -2.31. The Labute approximate surface area is 151 Å². The van der Waals surface area contributed by atoms with Crippen LogP contribution in [0, 0.1) is 0 Å². The Morgan fingerprint density at radius 3 is 2.80 bits per heavy atom. The van der Waals surface area contributed by atoms with Crippen molar-refractivity contribution in [2.24, 2.45) is 0 Å². The lowest BCUT2D eigenvalue weighted by Crippen LogP contribution is -2.41. The smallest absolute Gasteiger partial charge is 0.321 e. The van der Waals surface area contributed by atoms with E-state index in [1.165, 1.54) is 0 Å². The van der Waals surface area contributed by atoms with E-state index in [-0.39, 0.29) is 11.9 Å². The lowest BCUT2D eigenvalue weighted by molar-refractivity contribution is 0.191. The zero-order valence-corrected chi connectivity index (χ0v) is 14.5. The minimum atomic E-state index is -0.0804. The van der Waals surface area contributed by atoms with Crippen LogP contribution in [-0.2, 0) is 0 Å². The Kier molecular flexibility index (Phi) is 4.32. The standard InChI is InChI=1S/C19H19ClN4O/c20-14-7-9-15(10-8-14)21-19(25)24-11-3-4-13(12-24)18-22-16-5-1-2-6-17(16)23-18/h1-2,5-10,13H,3-4,11-12H2,(H,21,25)(H,22,23)/t13-/m1/s1. The number of piperidine rings is 1. The van der Waals surface area contributed by atoms with Gasteiger partial charge in [-0.3, -0.25) is 0 Å². The predicted molar refractivity (Wildman–Crippen MR) is 100 cm³/mol. The van der Waals surface area contributed by atoms with E-state index in [9.17, 15) is 4.79 Å². The Morgan fingerprint density at radius 2 is 2.00 bits per heavy atom. The summed E-state index contributed by atoms with van der Waals surface area (Å²) in [6, 6.07) is 15.1. The number of carbonyl (C=O) groups is 1. The summed E-state index contributed by atoms with van der Waals surface area (Å²) in [4.78, 5) is 22.5. The topological polar surface area (TPSA) is 61.0 Å². The Hall–Kier alpha value is -2.53. The highest BCUT2D eigenvalue weighted by Gasteiger charge is 2.26. The molecule has 1 aliphatic rings. The first-order valence-electron chi connectivity index (χ1n) is 8.45. The molecule has 2 aromatic carbocycles. The predicted octanol–water partition coefficient (Wildman–Crippen LogP) is 4.63. The number of anilines is 1. The molecule has 0 spiro atoms. The number of H-pyrrole nitrogens is 1. The van der Waals surface area contributed by atoms with Gasteiger partial charge in [-0.25, -0.2) is 9.78 Å². The number of fused-ring (bicyclic) bond motifs is 1. The molecule has 0 unspecified atom stereocenters. The van der Waals surface area contributed by atoms with Crippen molar-refractivity contribution in [1.82, 2.24) is 14.9 Å². The molecule has 6 heteroatoms. The molecular weight excluding hydrogens is 336 g/mol. The van der Waals surface area contributed by atoms with Crippen LogP contribution in [0.3, 0.4) is 0 Å². The van der Waals surface area contributed by atoms with E-state index in [4.69, 9.17) is 16.6 Å². The molecule has 1 aliphatic heterocycles. The van der Waals surface area contributed by atoms with Crippen molar-refractivity contribution >= 4 is 34.4 Å². The summed E-state index contributed by atoms with van der Waals surface area (Å²) < 4.78 is 0. The van der Waals surface area contributed by atoms with Gasteiger partial charge in [-0.1, -0.05) is 23.7 Å². The van der Waals surface area contributed by atoms with Gasteiger partial charge in [-0.05, 0) is 49.2 Å². The van der Waals surface area contributed by atoms with Crippen molar-refractivity contribution < 1.29 is 4.79 Å². The number of nitrogens with one attached hydrogen (secondary N) is 2. The number of nitrogens with zero attached hydrogens (tertiary/aromatic N) is 2. The summed E-state index contributed by atoms with van der Waals surface area (Å²) in [5, 5.41) is 3.59. The van der Waals surface area contributed by atoms with Crippen LogP contribution in [0.15, 0.2) is 48.5 Å². The van der Waals surface area contributed by atoms with Gasteiger partial charge in [-0.15, -0.1) is 0 Å². The molecule has 5 nitrogen and oxygen atoms in total. The summed E-state index contributed by atoms with van der Waals surface area (Å²) in [5.41, 5.74) is 2.76. The third-order valence-corrected chi connectivity index (χ3v) is 4.85. The molecule has 1 fully saturated rings. The number of benzene rings is 2. The van der Waals surface area contributed by atoms with E-state index in [0.717, 1.165) is 41.9 Å². The van der Waals surface area contributed by atoms with E-state index in [2.05, 4.69) is 10.3 Å². The molecule has 0 radical (unpaired) electrons. The molecule has 2 amide bonds. The molecule has 0 bridgehead atoms. The first kappa shape index (κ1) is 16.0. The molecule has 0 aliphatic carbocycles. The van der Waals surface area contributed by atoms with Gasteiger partial charge >= 0.3 is 6.03 Å². The van der Waals surface area contributed by atoms with Gasteiger partial charge in [0, 0.05) is 29.7 Å². The zero-order valence-electron chi connectivity index (χ0n) is 13.7. The molecule has 128 valence electrons. The van der Waals surface area contributed by atoms with Crippen LogP contribution in [-0.4, -0.2) is 34.0 Å².